The summed E-state index contributed by atoms with van der Waals surface area (Å²) in [4.78, 5) is 2.48. The molecule has 2 rings (SSSR count). The Morgan fingerprint density at radius 3 is 2.89 bits per heavy atom. The molecule has 0 spiro atoms. The number of hydrogen-bond acceptors (Lipinski definition) is 2. The van der Waals surface area contributed by atoms with Gasteiger partial charge in [-0.05, 0) is 37.4 Å². The molecule has 1 aromatic carbocycles. The second kappa shape index (κ2) is 6.69. The molecule has 1 fully saturated rings. The molecule has 0 aromatic heterocycles. The predicted octanol–water partition coefficient (Wildman–Crippen LogP) is 3.08. The van der Waals surface area contributed by atoms with Gasteiger partial charge in [-0.25, -0.2) is 0 Å². The standard InChI is InChI=1S/C15H22BrNO/c1-2-8-17-9-7-15(18)13(11-17)10-12-5-3-4-6-14(12)16/h3-6,13,15,18H,2,7-11H2,1H3. The first-order valence-corrected chi connectivity index (χ1v) is 7.63. The molecule has 2 nitrogen and oxygen atoms in total. The first kappa shape index (κ1) is 14.0. The van der Waals surface area contributed by atoms with E-state index in [1.54, 1.807) is 0 Å². The average molecular weight is 312 g/mol. The van der Waals surface area contributed by atoms with Crippen molar-refractivity contribution in [3.8, 4) is 0 Å². The number of piperidine rings is 1. The zero-order valence-corrected chi connectivity index (χ0v) is 12.6. The molecule has 0 amide bonds. The average Bonchev–Trinajstić information content (AvgIpc) is 2.36. The Balaban J connectivity index is 2.00. The van der Waals surface area contributed by atoms with Gasteiger partial charge < -0.3 is 10.0 Å². The molecule has 0 radical (unpaired) electrons. The molecule has 1 aromatic rings. The number of likely N-dealkylation sites (tertiary alicyclic amines) is 1. The minimum Gasteiger partial charge on any atom is -0.393 e. The smallest absolute Gasteiger partial charge is 0.0596 e. The fraction of sp³-hybridized carbons (Fsp3) is 0.600. The van der Waals surface area contributed by atoms with Crippen molar-refractivity contribution < 1.29 is 5.11 Å². The van der Waals surface area contributed by atoms with Crippen molar-refractivity contribution in [3.63, 3.8) is 0 Å². The van der Waals surface area contributed by atoms with Crippen molar-refractivity contribution in [1.29, 1.82) is 0 Å². The highest BCUT2D eigenvalue weighted by Crippen LogP contribution is 2.25. The zero-order chi connectivity index (χ0) is 13.0. The van der Waals surface area contributed by atoms with E-state index in [2.05, 4.69) is 46.0 Å². The van der Waals surface area contributed by atoms with E-state index in [1.807, 2.05) is 6.07 Å². The summed E-state index contributed by atoms with van der Waals surface area (Å²) in [5, 5.41) is 10.2. The van der Waals surface area contributed by atoms with Crippen LogP contribution < -0.4 is 0 Å². The first-order valence-electron chi connectivity index (χ1n) is 6.84. The van der Waals surface area contributed by atoms with Crippen LogP contribution in [0, 0.1) is 5.92 Å². The van der Waals surface area contributed by atoms with Gasteiger partial charge in [0.1, 0.15) is 0 Å². The second-order valence-corrected chi connectivity index (χ2v) is 6.07. The van der Waals surface area contributed by atoms with Crippen molar-refractivity contribution in [2.75, 3.05) is 19.6 Å². The minimum absolute atomic E-state index is 0.148. The van der Waals surface area contributed by atoms with Crippen LogP contribution in [0.1, 0.15) is 25.3 Å². The van der Waals surface area contributed by atoms with Crippen LogP contribution in [0.5, 0.6) is 0 Å². The Morgan fingerprint density at radius 2 is 2.17 bits per heavy atom. The lowest BCUT2D eigenvalue weighted by molar-refractivity contribution is 0.0270. The Labute approximate surface area is 118 Å². The molecule has 1 aliphatic rings. The van der Waals surface area contributed by atoms with Crippen molar-refractivity contribution in [2.24, 2.45) is 5.92 Å². The first-order chi connectivity index (χ1) is 8.70. The molecule has 0 saturated carbocycles. The maximum atomic E-state index is 10.2. The van der Waals surface area contributed by atoms with Crippen LogP contribution in [0.15, 0.2) is 28.7 Å². The highest BCUT2D eigenvalue weighted by atomic mass is 79.9. The molecule has 2 atom stereocenters. The third-order valence-electron chi connectivity index (χ3n) is 3.76. The SMILES string of the molecule is CCCN1CCC(O)C(Cc2ccccc2Br)C1. The van der Waals surface area contributed by atoms with Crippen LogP contribution in [0.25, 0.3) is 0 Å². The van der Waals surface area contributed by atoms with Gasteiger partial charge in [0.05, 0.1) is 6.10 Å². The fourth-order valence-electron chi connectivity index (χ4n) is 2.76. The van der Waals surface area contributed by atoms with Gasteiger partial charge >= 0.3 is 0 Å². The molecule has 1 N–H and O–H groups in total. The monoisotopic (exact) mass is 311 g/mol. The van der Waals surface area contributed by atoms with Crippen molar-refractivity contribution in [1.82, 2.24) is 4.90 Å². The van der Waals surface area contributed by atoms with Gasteiger partial charge in [0.2, 0.25) is 0 Å². The van der Waals surface area contributed by atoms with Crippen molar-refractivity contribution in [2.45, 2.75) is 32.3 Å². The molecule has 1 heterocycles. The summed E-state index contributed by atoms with van der Waals surface area (Å²) in [7, 11) is 0. The quantitative estimate of drug-likeness (QED) is 0.923. The minimum atomic E-state index is -0.148. The normalized spacial score (nSPS) is 25.3. The van der Waals surface area contributed by atoms with Gasteiger partial charge in [0, 0.05) is 23.5 Å². The maximum Gasteiger partial charge on any atom is 0.0596 e. The van der Waals surface area contributed by atoms with Crippen LogP contribution in [-0.2, 0) is 6.42 Å². The van der Waals surface area contributed by atoms with E-state index in [-0.39, 0.29) is 6.10 Å². The number of aliphatic hydroxyl groups is 1. The van der Waals surface area contributed by atoms with E-state index in [0.29, 0.717) is 5.92 Å². The predicted molar refractivity (Wildman–Crippen MR) is 78.7 cm³/mol. The Kier molecular flexibility index (Phi) is 5.22. The topological polar surface area (TPSA) is 23.5 Å². The number of aliphatic hydroxyl groups excluding tert-OH is 1. The van der Waals surface area contributed by atoms with E-state index in [1.165, 1.54) is 12.0 Å². The van der Waals surface area contributed by atoms with Gasteiger partial charge in [-0.3, -0.25) is 0 Å². The van der Waals surface area contributed by atoms with Gasteiger partial charge in [0.25, 0.3) is 0 Å². The number of halogens is 1. The molecule has 1 saturated heterocycles. The van der Waals surface area contributed by atoms with E-state index in [9.17, 15) is 5.11 Å². The van der Waals surface area contributed by atoms with Gasteiger partial charge in [-0.15, -0.1) is 0 Å². The molecular weight excluding hydrogens is 290 g/mol. The van der Waals surface area contributed by atoms with Gasteiger partial charge in [-0.2, -0.15) is 0 Å². The molecule has 0 aliphatic carbocycles. The Hall–Kier alpha value is -0.380. The van der Waals surface area contributed by atoms with Crippen LogP contribution in [-0.4, -0.2) is 35.7 Å². The summed E-state index contributed by atoms with van der Waals surface area (Å²) in [6.07, 6.45) is 2.92. The molecule has 1 aliphatic heterocycles. The summed E-state index contributed by atoms with van der Waals surface area (Å²) in [5.74, 6) is 0.365. The Morgan fingerprint density at radius 1 is 1.39 bits per heavy atom. The van der Waals surface area contributed by atoms with E-state index < -0.39 is 0 Å². The fourth-order valence-corrected chi connectivity index (χ4v) is 3.21. The van der Waals surface area contributed by atoms with Crippen molar-refractivity contribution in [3.05, 3.63) is 34.3 Å². The van der Waals surface area contributed by atoms with E-state index in [4.69, 9.17) is 0 Å². The molecule has 100 valence electrons. The summed E-state index contributed by atoms with van der Waals surface area (Å²) in [6.45, 7) is 5.44. The summed E-state index contributed by atoms with van der Waals surface area (Å²) >= 11 is 3.59. The third-order valence-corrected chi connectivity index (χ3v) is 4.53. The lowest BCUT2D eigenvalue weighted by atomic mass is 9.88. The molecule has 18 heavy (non-hydrogen) atoms. The molecule has 3 heteroatoms. The van der Waals surface area contributed by atoms with Crippen molar-refractivity contribution >= 4 is 15.9 Å². The highest BCUT2D eigenvalue weighted by Gasteiger charge is 2.27. The van der Waals surface area contributed by atoms with Gasteiger partial charge in [0.15, 0.2) is 0 Å². The third kappa shape index (κ3) is 3.56. The zero-order valence-electron chi connectivity index (χ0n) is 11.0. The second-order valence-electron chi connectivity index (χ2n) is 5.21. The molecular formula is C15H22BrNO. The number of benzene rings is 1. The number of hydrogen-bond donors (Lipinski definition) is 1. The van der Waals surface area contributed by atoms with Crippen LogP contribution in [0.3, 0.4) is 0 Å². The maximum absolute atomic E-state index is 10.2. The lowest BCUT2D eigenvalue weighted by Gasteiger charge is -2.36. The summed E-state index contributed by atoms with van der Waals surface area (Å²) in [6, 6.07) is 8.33. The lowest BCUT2D eigenvalue weighted by Crippen LogP contribution is -2.44. The van der Waals surface area contributed by atoms with Crippen LogP contribution in [0.4, 0.5) is 0 Å². The van der Waals surface area contributed by atoms with Gasteiger partial charge in [-0.1, -0.05) is 41.1 Å². The molecule has 0 bridgehead atoms. The molecule has 2 unspecified atom stereocenters. The number of rotatable bonds is 4. The summed E-state index contributed by atoms with van der Waals surface area (Å²) < 4.78 is 1.16. The highest BCUT2D eigenvalue weighted by molar-refractivity contribution is 9.10. The number of nitrogens with zero attached hydrogens (tertiary/aromatic N) is 1. The van der Waals surface area contributed by atoms with Crippen LogP contribution in [0.2, 0.25) is 0 Å². The summed E-state index contributed by atoms with van der Waals surface area (Å²) in [5.41, 5.74) is 1.31. The van der Waals surface area contributed by atoms with E-state index in [0.717, 1.165) is 36.9 Å². The van der Waals surface area contributed by atoms with Crippen LogP contribution >= 0.6 is 15.9 Å². The largest absolute Gasteiger partial charge is 0.393 e. The van der Waals surface area contributed by atoms with E-state index >= 15 is 0 Å². The Bertz CT molecular complexity index is 383.